The van der Waals surface area contributed by atoms with Crippen LogP contribution in [-0.2, 0) is 4.79 Å². The van der Waals surface area contributed by atoms with Crippen molar-refractivity contribution < 1.29 is 4.79 Å². The summed E-state index contributed by atoms with van der Waals surface area (Å²) in [6, 6.07) is 16.9. The number of hydrogen-bond donors (Lipinski definition) is 1. The Labute approximate surface area is 205 Å². The number of fused-ring (bicyclic) bond motifs is 1. The summed E-state index contributed by atoms with van der Waals surface area (Å²) < 4.78 is 1.81. The molecule has 9 heteroatoms. The average molecular weight is 501 g/mol. The number of nitrogens with zero attached hydrogens (tertiary/aromatic N) is 4. The first-order valence-electron chi connectivity index (χ1n) is 10.5. The number of halogens is 3. The molecule has 1 aliphatic heterocycles. The standard InChI is InChI=1S/C24H20Cl3N5O/c25-16-7-5-15(6-8-16)22-23(17-3-1-2-4-18(17)26)30-32-21(12-19(27)29-24(22)32)31-10-9-14(13-31)11-20(28)33/h1-8,12,14H,9-11,13H2,(H2,28,33)/t14-/m1/s1. The predicted octanol–water partition coefficient (Wildman–Crippen LogP) is 5.73. The van der Waals surface area contributed by atoms with E-state index >= 15 is 0 Å². The van der Waals surface area contributed by atoms with Gasteiger partial charge in [-0.3, -0.25) is 4.79 Å². The fourth-order valence-corrected chi connectivity index (χ4v) is 4.94. The largest absolute Gasteiger partial charge is 0.370 e. The van der Waals surface area contributed by atoms with Gasteiger partial charge in [0.05, 0.1) is 10.6 Å². The van der Waals surface area contributed by atoms with E-state index < -0.39 is 0 Å². The third-order valence-electron chi connectivity index (χ3n) is 5.90. The van der Waals surface area contributed by atoms with Gasteiger partial charge in [0, 0.05) is 36.2 Å². The molecular weight excluding hydrogens is 481 g/mol. The van der Waals surface area contributed by atoms with E-state index in [1.807, 2.05) is 48.5 Å². The number of anilines is 1. The zero-order valence-corrected chi connectivity index (χ0v) is 19.8. The second-order valence-electron chi connectivity index (χ2n) is 8.15. The van der Waals surface area contributed by atoms with E-state index in [1.165, 1.54) is 0 Å². The van der Waals surface area contributed by atoms with Gasteiger partial charge < -0.3 is 10.6 Å². The summed E-state index contributed by atoms with van der Waals surface area (Å²) in [6.45, 7) is 1.46. The van der Waals surface area contributed by atoms with Crippen molar-refractivity contribution in [1.82, 2.24) is 14.6 Å². The molecule has 1 saturated heterocycles. The number of hydrogen-bond acceptors (Lipinski definition) is 4. The van der Waals surface area contributed by atoms with Crippen LogP contribution in [0.3, 0.4) is 0 Å². The molecule has 6 nitrogen and oxygen atoms in total. The van der Waals surface area contributed by atoms with Crippen LogP contribution in [0.2, 0.25) is 15.2 Å². The Morgan fingerprint density at radius 1 is 1.09 bits per heavy atom. The smallest absolute Gasteiger partial charge is 0.217 e. The van der Waals surface area contributed by atoms with Crippen LogP contribution >= 0.6 is 34.8 Å². The van der Waals surface area contributed by atoms with E-state index in [2.05, 4.69) is 9.88 Å². The summed E-state index contributed by atoms with van der Waals surface area (Å²) in [5, 5.41) is 6.54. The van der Waals surface area contributed by atoms with Crippen molar-refractivity contribution in [2.75, 3.05) is 18.0 Å². The molecule has 2 aromatic carbocycles. The fraction of sp³-hybridized carbons (Fsp3) is 0.208. The van der Waals surface area contributed by atoms with Gasteiger partial charge in [0.2, 0.25) is 5.91 Å². The van der Waals surface area contributed by atoms with Crippen molar-refractivity contribution >= 4 is 52.2 Å². The Hall–Kier alpha value is -2.80. The molecule has 0 spiro atoms. The lowest BCUT2D eigenvalue weighted by Crippen LogP contribution is -2.24. The normalized spacial score (nSPS) is 16.0. The number of nitrogens with two attached hydrogens (primary N) is 1. The van der Waals surface area contributed by atoms with Gasteiger partial charge in [-0.15, -0.1) is 0 Å². The fourth-order valence-electron chi connectivity index (χ4n) is 4.41. The van der Waals surface area contributed by atoms with Gasteiger partial charge >= 0.3 is 0 Å². The van der Waals surface area contributed by atoms with Crippen LogP contribution in [0.1, 0.15) is 12.8 Å². The monoisotopic (exact) mass is 499 g/mol. The van der Waals surface area contributed by atoms with Crippen LogP contribution in [0, 0.1) is 5.92 Å². The predicted molar refractivity (Wildman–Crippen MR) is 133 cm³/mol. The molecule has 0 saturated carbocycles. The summed E-state index contributed by atoms with van der Waals surface area (Å²) in [7, 11) is 0. The lowest BCUT2D eigenvalue weighted by atomic mass is 10.0. The van der Waals surface area contributed by atoms with Crippen LogP contribution in [0.25, 0.3) is 28.0 Å². The molecule has 33 heavy (non-hydrogen) atoms. The quantitative estimate of drug-likeness (QED) is 0.355. The highest BCUT2D eigenvalue weighted by Gasteiger charge is 2.28. The Kier molecular flexibility index (Phi) is 5.91. The number of primary amides is 1. The average Bonchev–Trinajstić information content (AvgIpc) is 3.38. The van der Waals surface area contributed by atoms with Crippen LogP contribution in [0.4, 0.5) is 5.82 Å². The second-order valence-corrected chi connectivity index (χ2v) is 9.38. The summed E-state index contributed by atoms with van der Waals surface area (Å²) in [5.41, 5.74) is 9.25. The van der Waals surface area contributed by atoms with Crippen molar-refractivity contribution in [3.05, 3.63) is 69.8 Å². The van der Waals surface area contributed by atoms with Gasteiger partial charge in [0.1, 0.15) is 16.7 Å². The van der Waals surface area contributed by atoms with E-state index in [0.717, 1.165) is 35.5 Å². The molecule has 1 atom stereocenters. The van der Waals surface area contributed by atoms with E-state index in [0.29, 0.717) is 39.5 Å². The maximum absolute atomic E-state index is 11.4. The Morgan fingerprint density at radius 3 is 2.58 bits per heavy atom. The molecule has 0 bridgehead atoms. The summed E-state index contributed by atoms with van der Waals surface area (Å²) >= 11 is 19.2. The molecule has 1 aliphatic rings. The van der Waals surface area contributed by atoms with Crippen molar-refractivity contribution in [1.29, 1.82) is 0 Å². The summed E-state index contributed by atoms with van der Waals surface area (Å²) in [6.07, 6.45) is 1.23. The third-order valence-corrected chi connectivity index (χ3v) is 6.68. The highest BCUT2D eigenvalue weighted by molar-refractivity contribution is 6.33. The molecule has 1 amide bonds. The first-order valence-corrected chi connectivity index (χ1v) is 11.7. The summed E-state index contributed by atoms with van der Waals surface area (Å²) in [4.78, 5) is 18.2. The lowest BCUT2D eigenvalue weighted by molar-refractivity contribution is -0.118. The number of carbonyl (C=O) groups excluding carboxylic acids is 1. The number of benzene rings is 2. The minimum Gasteiger partial charge on any atom is -0.370 e. The molecule has 0 aliphatic carbocycles. The highest BCUT2D eigenvalue weighted by atomic mass is 35.5. The van der Waals surface area contributed by atoms with Gasteiger partial charge in [-0.2, -0.15) is 9.61 Å². The number of aromatic nitrogens is 3. The minimum atomic E-state index is -0.287. The van der Waals surface area contributed by atoms with Crippen LogP contribution in [0.15, 0.2) is 54.6 Å². The minimum absolute atomic E-state index is 0.193. The van der Waals surface area contributed by atoms with Crippen LogP contribution in [0.5, 0.6) is 0 Å². The van der Waals surface area contributed by atoms with Gasteiger partial charge in [-0.25, -0.2) is 4.98 Å². The zero-order valence-electron chi connectivity index (χ0n) is 17.5. The number of rotatable bonds is 5. The van der Waals surface area contributed by atoms with Crippen molar-refractivity contribution in [2.45, 2.75) is 12.8 Å². The van der Waals surface area contributed by atoms with Crippen molar-refractivity contribution in [3.8, 4) is 22.4 Å². The molecule has 1 fully saturated rings. The first-order chi connectivity index (χ1) is 15.9. The Balaban J connectivity index is 1.72. The van der Waals surface area contributed by atoms with Gasteiger partial charge in [-0.1, -0.05) is 65.1 Å². The molecule has 5 rings (SSSR count). The van der Waals surface area contributed by atoms with Crippen molar-refractivity contribution in [3.63, 3.8) is 0 Å². The molecule has 0 unspecified atom stereocenters. The highest BCUT2D eigenvalue weighted by Crippen LogP contribution is 2.40. The Bertz CT molecular complexity index is 1350. The third kappa shape index (κ3) is 4.26. The number of amides is 1. The van der Waals surface area contributed by atoms with Gasteiger partial charge in [0.25, 0.3) is 0 Å². The first kappa shape index (κ1) is 22.0. The topological polar surface area (TPSA) is 76.5 Å². The molecule has 0 radical (unpaired) electrons. The van der Waals surface area contributed by atoms with E-state index in [4.69, 9.17) is 45.6 Å². The molecule has 2 aromatic heterocycles. The van der Waals surface area contributed by atoms with Gasteiger partial charge in [-0.05, 0) is 36.1 Å². The molecule has 3 heterocycles. The van der Waals surface area contributed by atoms with Crippen molar-refractivity contribution in [2.24, 2.45) is 11.7 Å². The van der Waals surface area contributed by atoms with Gasteiger partial charge in [0.15, 0.2) is 5.65 Å². The lowest BCUT2D eigenvalue weighted by Gasteiger charge is -2.19. The zero-order chi connectivity index (χ0) is 23.1. The number of carbonyl (C=O) groups is 1. The molecular formula is C24H20Cl3N5O. The SMILES string of the molecule is NC(=O)C[C@H]1CCN(c2cc(Cl)nc3c(-c4ccc(Cl)cc4)c(-c4ccccc4Cl)nn23)C1. The van der Waals surface area contributed by atoms with Crippen LogP contribution < -0.4 is 10.6 Å². The van der Waals surface area contributed by atoms with E-state index in [1.54, 1.807) is 10.6 Å². The summed E-state index contributed by atoms with van der Waals surface area (Å²) in [5.74, 6) is 0.717. The molecule has 4 aromatic rings. The second kappa shape index (κ2) is 8.86. The van der Waals surface area contributed by atoms with Crippen LogP contribution in [-0.4, -0.2) is 33.6 Å². The molecule has 168 valence electrons. The Morgan fingerprint density at radius 2 is 1.85 bits per heavy atom. The van der Waals surface area contributed by atoms with E-state index in [9.17, 15) is 4.79 Å². The van der Waals surface area contributed by atoms with E-state index in [-0.39, 0.29) is 11.8 Å². The maximum atomic E-state index is 11.4. The maximum Gasteiger partial charge on any atom is 0.217 e. The molecule has 2 N–H and O–H groups in total.